The van der Waals surface area contributed by atoms with Crippen LogP contribution in [0.15, 0.2) is 143 Å². The molecule has 0 atom stereocenters. The van der Waals surface area contributed by atoms with Crippen LogP contribution in [0.5, 0.6) is 0 Å². The van der Waals surface area contributed by atoms with Gasteiger partial charge in [-0.25, -0.2) is 49.8 Å². The fraction of sp³-hybridized carbons (Fsp3) is 0.397. The SMILES string of the molecule is CC(C)c1cccnn1.CC(C)c1ccncn1.CC(C)c1ccnnc1.CC(C)c1cnccn1.CC(C)c1cncnc1.CC(C)c1ncccn1.CC(C)c1nccnn1.CC(C)c1ncncn1.CC(C)c1nncnn1.[CH3-].[CH3-].[CH3-].[CH3-].[CH3-].[CH3-].[CH3-].[CH3-].[CH3-].[Y].[Y].[Y].[Y].[Y].[Y].[Y].[Y].[Y]. The molecular formula is C68H113N22Y9-9. The number of hydrogen-bond donors (Lipinski definition) is 0. The maximum atomic E-state index is 4.12. The van der Waals surface area contributed by atoms with E-state index < -0.39 is 0 Å². The van der Waals surface area contributed by atoms with E-state index >= 15 is 0 Å². The zero-order valence-corrected chi connectivity index (χ0v) is 90.6. The Morgan fingerprint density at radius 2 is 0.646 bits per heavy atom. The minimum atomic E-state index is 0. The zero-order chi connectivity index (χ0) is 60.2. The topological polar surface area (TPSA) is 284 Å². The van der Waals surface area contributed by atoms with Gasteiger partial charge >= 0.3 is 0 Å². The second kappa shape index (κ2) is 95.5. The minimum Gasteiger partial charge on any atom is -0.358 e. The Hall–Kier alpha value is 1.38. The van der Waals surface area contributed by atoms with Gasteiger partial charge in [0.25, 0.3) is 0 Å². The van der Waals surface area contributed by atoms with Gasteiger partial charge in [-0.1, -0.05) is 125 Å². The zero-order valence-electron chi connectivity index (χ0n) is 65.0. The summed E-state index contributed by atoms with van der Waals surface area (Å²) in [5, 5.41) is 37.3. The van der Waals surface area contributed by atoms with E-state index in [1.807, 2.05) is 70.4 Å². The minimum absolute atomic E-state index is 0. The summed E-state index contributed by atoms with van der Waals surface area (Å²) in [6, 6.07) is 9.63. The molecule has 0 fully saturated rings. The van der Waals surface area contributed by atoms with Crippen LogP contribution in [0.1, 0.15) is 229 Å². The van der Waals surface area contributed by atoms with Crippen LogP contribution in [0.3, 0.4) is 0 Å². The second-order valence-electron chi connectivity index (χ2n) is 20.2. The van der Waals surface area contributed by atoms with Crippen LogP contribution in [0.2, 0.25) is 0 Å². The molecular weight excluding hydrogens is 1930 g/mol. The first-order valence-corrected chi connectivity index (χ1v) is 27.1. The van der Waals surface area contributed by atoms with Crippen molar-refractivity contribution in [2.75, 3.05) is 0 Å². The summed E-state index contributed by atoms with van der Waals surface area (Å²) < 4.78 is 0. The van der Waals surface area contributed by atoms with Gasteiger partial charge in [0.15, 0.2) is 18.0 Å². The van der Waals surface area contributed by atoms with Crippen molar-refractivity contribution in [1.29, 1.82) is 0 Å². The normalized spacial score (nSPS) is 8.27. The maximum absolute atomic E-state index is 4.12. The average molecular weight is 2040 g/mol. The monoisotopic (exact) mass is 2040 g/mol. The van der Waals surface area contributed by atoms with Gasteiger partial charge in [0, 0.05) is 392 Å². The van der Waals surface area contributed by atoms with Gasteiger partial charge in [-0.2, -0.15) is 25.5 Å². The van der Waals surface area contributed by atoms with Crippen LogP contribution < -0.4 is 0 Å². The van der Waals surface area contributed by atoms with Gasteiger partial charge in [-0.15, -0.1) is 25.5 Å². The Labute approximate surface area is 829 Å². The van der Waals surface area contributed by atoms with E-state index in [0.29, 0.717) is 59.1 Å². The van der Waals surface area contributed by atoms with Crippen LogP contribution in [-0.2, 0) is 294 Å². The van der Waals surface area contributed by atoms with Crippen LogP contribution in [0.4, 0.5) is 0 Å². The Bertz CT molecular complexity index is 2200. The van der Waals surface area contributed by atoms with Crippen molar-refractivity contribution in [2.24, 2.45) is 0 Å². The Morgan fingerprint density at radius 1 is 0.212 bits per heavy atom. The molecule has 0 saturated carbocycles. The third-order valence-electron chi connectivity index (χ3n) is 10.2. The van der Waals surface area contributed by atoms with E-state index in [0.717, 1.165) is 34.6 Å². The summed E-state index contributed by atoms with van der Waals surface area (Å²) in [7, 11) is 0. The molecule has 0 aliphatic heterocycles. The maximum Gasteiger partial charge on any atom is 0.176 e. The molecule has 0 N–H and O–H groups in total. The molecule has 0 aliphatic carbocycles. The molecule has 9 aromatic rings. The summed E-state index contributed by atoms with van der Waals surface area (Å²) in [4.78, 5) is 47.5. The summed E-state index contributed by atoms with van der Waals surface area (Å²) in [6.45, 7) is 37.5. The van der Waals surface area contributed by atoms with Crippen molar-refractivity contribution in [2.45, 2.75) is 178 Å². The summed E-state index contributed by atoms with van der Waals surface area (Å²) in [5.41, 5.74) is 5.64. The number of nitrogens with zero attached hydrogens (tertiary/aromatic N) is 22. The molecule has 9 heterocycles. The van der Waals surface area contributed by atoms with E-state index in [2.05, 4.69) is 208 Å². The molecule has 0 unspecified atom stereocenters. The van der Waals surface area contributed by atoms with Gasteiger partial charge < -0.3 is 66.8 Å². The molecule has 9 radical (unpaired) electrons. The third kappa shape index (κ3) is 78.8. The smallest absolute Gasteiger partial charge is 0.176 e. The van der Waals surface area contributed by atoms with Gasteiger partial charge in [-0.3, -0.25) is 9.97 Å². The molecule has 0 amide bonds. The van der Waals surface area contributed by atoms with E-state index in [1.165, 1.54) is 30.1 Å². The quantitative estimate of drug-likeness (QED) is 0.121. The molecule has 22 nitrogen and oxygen atoms in total. The van der Waals surface area contributed by atoms with Gasteiger partial charge in [0.05, 0.1) is 23.8 Å². The molecule has 0 spiro atoms. The molecule has 0 saturated heterocycles. The second-order valence-corrected chi connectivity index (χ2v) is 20.2. The van der Waals surface area contributed by atoms with Crippen LogP contribution in [0, 0.1) is 66.8 Å². The molecule has 31 heteroatoms. The fourth-order valence-electron chi connectivity index (χ4n) is 5.25. The first-order valence-electron chi connectivity index (χ1n) is 27.1. The standard InChI is InChI=1S/6C7H10N2.2C6H9N3.C5H8N4.9CH3.9Y/c1-6(2)7-3-8-5-9-4-7;1-6(2)7-5-8-3-4-9-7;1-6(2)7-3-4-8-5-9-7;1-6(2)7-3-4-8-9-5-7;1-6(2)7-8-4-3-5-9-7;1-6(2)7-4-3-5-8-9-7;1-5(2)6-8-3-7-4-9-6;1-5(2)6-7-3-4-8-9-6;1-4(2)5-8-6-3-7-9-5;;;;;;;;;;;;;;;;;;/h6*3-6H,1-2H3;2*3-5H,1-2H3;3-4H,1-2H3;9*1H3;;;;;;;;;/q;;;;;;;;;9*-1;;;;;;;;;. The van der Waals surface area contributed by atoms with Crippen molar-refractivity contribution < 1.29 is 294 Å². The van der Waals surface area contributed by atoms with Crippen LogP contribution >= 0.6 is 0 Å². The van der Waals surface area contributed by atoms with Gasteiger partial charge in [0.2, 0.25) is 0 Å². The van der Waals surface area contributed by atoms with E-state index in [9.17, 15) is 0 Å². The first kappa shape index (κ1) is 146. The Balaban J connectivity index is -0.0000000456. The van der Waals surface area contributed by atoms with Gasteiger partial charge in [0.1, 0.15) is 37.0 Å². The molecule has 0 bridgehead atoms. The van der Waals surface area contributed by atoms with Crippen molar-refractivity contribution >= 4 is 0 Å². The molecule has 0 aliphatic rings. The number of rotatable bonds is 9. The van der Waals surface area contributed by atoms with Crippen LogP contribution in [-0.4, -0.2) is 111 Å². The summed E-state index contributed by atoms with van der Waals surface area (Å²) in [6.07, 6.45) is 30.1. The first-order chi connectivity index (χ1) is 38.7. The molecule has 99 heavy (non-hydrogen) atoms. The van der Waals surface area contributed by atoms with Crippen molar-refractivity contribution in [3.63, 3.8) is 0 Å². The fourth-order valence-corrected chi connectivity index (χ4v) is 5.25. The van der Waals surface area contributed by atoms with Crippen molar-refractivity contribution in [3.05, 3.63) is 261 Å². The molecule has 9 rings (SSSR count). The predicted octanol–water partition coefficient (Wildman–Crippen LogP) is 16.0. The predicted molar refractivity (Wildman–Crippen MR) is 374 cm³/mol. The molecule has 531 valence electrons. The van der Waals surface area contributed by atoms with Crippen LogP contribution in [0.25, 0.3) is 0 Å². The third-order valence-corrected chi connectivity index (χ3v) is 10.2. The Kier molecular flexibility index (Phi) is 141. The van der Waals surface area contributed by atoms with E-state index in [1.54, 1.807) is 80.8 Å². The Morgan fingerprint density at radius 3 is 0.919 bits per heavy atom. The molecule has 0 aromatic carbocycles. The van der Waals surface area contributed by atoms with Crippen molar-refractivity contribution in [3.8, 4) is 0 Å². The summed E-state index contributed by atoms with van der Waals surface area (Å²) >= 11 is 0. The van der Waals surface area contributed by atoms with E-state index in [4.69, 9.17) is 0 Å². The largest absolute Gasteiger partial charge is 0.358 e. The van der Waals surface area contributed by atoms with E-state index in [-0.39, 0.29) is 361 Å². The van der Waals surface area contributed by atoms with Crippen molar-refractivity contribution in [1.82, 2.24) is 111 Å². The average Bonchev–Trinajstić information content (AvgIpc) is 3.52. The molecule has 9 aromatic heterocycles. The number of hydrogen-bond acceptors (Lipinski definition) is 22. The van der Waals surface area contributed by atoms with Gasteiger partial charge in [-0.05, 0) is 71.0 Å². The summed E-state index contributed by atoms with van der Waals surface area (Å²) in [5.74, 6) is 7.35. The number of aromatic nitrogens is 22.